The van der Waals surface area contributed by atoms with Crippen LogP contribution in [0.3, 0.4) is 0 Å². The first-order valence-electron chi connectivity index (χ1n) is 8.48. The number of alkyl halides is 6. The first-order valence-corrected chi connectivity index (χ1v) is 9.43. The van der Waals surface area contributed by atoms with E-state index < -0.39 is 29.4 Å². The number of halogens is 6. The quantitative estimate of drug-likeness (QED) is 0.391. The Kier molecular flexibility index (Phi) is 10.5. The lowest BCUT2D eigenvalue weighted by Gasteiger charge is -2.17. The molecule has 0 spiro atoms. The molecular weight excluding hydrogens is 392 g/mol. The summed E-state index contributed by atoms with van der Waals surface area (Å²) in [6.45, 7) is 9.25. The first-order chi connectivity index (χ1) is 12.3. The van der Waals surface area contributed by atoms with E-state index in [1.54, 1.807) is 0 Å². The molecule has 1 aliphatic heterocycles. The minimum absolute atomic E-state index is 0.156. The summed E-state index contributed by atoms with van der Waals surface area (Å²) in [5.41, 5.74) is -2.64. The summed E-state index contributed by atoms with van der Waals surface area (Å²) in [4.78, 5) is 3.80. The van der Waals surface area contributed by atoms with Crippen LogP contribution in [0, 0.1) is 0 Å². The summed E-state index contributed by atoms with van der Waals surface area (Å²) in [6.07, 6.45) is -7.02. The fraction of sp³-hybridized carbons (Fsp3) is 0.611. The third-order valence-corrected chi connectivity index (χ3v) is 4.03. The van der Waals surface area contributed by atoms with Crippen molar-refractivity contribution in [2.24, 2.45) is 4.99 Å². The average Bonchev–Trinajstić information content (AvgIpc) is 2.87. The molecule has 2 rings (SSSR count). The van der Waals surface area contributed by atoms with Crippen LogP contribution in [0.4, 0.5) is 32.0 Å². The van der Waals surface area contributed by atoms with E-state index >= 15 is 0 Å². The third-order valence-electron chi connectivity index (χ3n) is 3.78. The summed E-state index contributed by atoms with van der Waals surface area (Å²) in [5, 5.41) is 0. The van der Waals surface area contributed by atoms with Gasteiger partial charge in [0.15, 0.2) is 0 Å². The van der Waals surface area contributed by atoms with E-state index in [9.17, 15) is 26.3 Å². The number of rotatable bonds is 2. The normalized spacial score (nSPS) is 15.9. The standard InChI is InChI=1S/C12H9F6N.C4H10.C2H6OS/c1-5-6(2)19-9-4-7(11(13,14)15)3-8(10(5)9)12(16,17)18;1-3-4-2;1-2-4-3/h3-5H,1-2H3;3-4H2,1-2H3;3H,2H2,1H3. The van der Waals surface area contributed by atoms with Gasteiger partial charge in [-0.05, 0) is 36.7 Å². The number of hydrogen-bond donors (Lipinski definition) is 1. The maximum Gasteiger partial charge on any atom is 0.416 e. The molecule has 1 aromatic rings. The van der Waals surface area contributed by atoms with E-state index in [1.165, 1.54) is 26.7 Å². The number of hydrogen-bond acceptors (Lipinski definition) is 3. The van der Waals surface area contributed by atoms with Gasteiger partial charge >= 0.3 is 12.4 Å². The smallest absolute Gasteiger partial charge is 0.330 e. The van der Waals surface area contributed by atoms with Gasteiger partial charge in [-0.2, -0.15) is 26.3 Å². The highest BCUT2D eigenvalue weighted by Crippen LogP contribution is 2.47. The largest absolute Gasteiger partial charge is 0.416 e. The summed E-state index contributed by atoms with van der Waals surface area (Å²) in [5.74, 6) is 0.161. The Bertz CT molecular complexity index is 618. The molecule has 0 fully saturated rings. The highest BCUT2D eigenvalue weighted by atomic mass is 32.2. The van der Waals surface area contributed by atoms with Crippen molar-refractivity contribution in [1.82, 2.24) is 0 Å². The molecule has 1 heterocycles. The molecule has 1 unspecified atom stereocenters. The van der Waals surface area contributed by atoms with Gasteiger partial charge in [0.1, 0.15) is 0 Å². The number of fused-ring (bicyclic) bond motifs is 1. The monoisotopic (exact) mass is 417 g/mol. The molecule has 0 saturated carbocycles. The van der Waals surface area contributed by atoms with Gasteiger partial charge in [-0.3, -0.25) is 4.99 Å². The zero-order valence-electron chi connectivity index (χ0n) is 15.9. The highest BCUT2D eigenvalue weighted by Gasteiger charge is 2.42. The molecule has 1 aliphatic rings. The molecule has 1 aromatic carbocycles. The molecule has 0 aromatic heterocycles. The first kappa shape index (κ1) is 25.8. The van der Waals surface area contributed by atoms with Crippen LogP contribution in [-0.2, 0) is 12.4 Å². The van der Waals surface area contributed by atoms with Crippen LogP contribution in [0.1, 0.15) is 70.1 Å². The molecular formula is C18H25F6NOS. The maximum absolute atomic E-state index is 12.9. The molecule has 1 atom stereocenters. The van der Waals surface area contributed by atoms with E-state index in [2.05, 4.69) is 18.8 Å². The lowest BCUT2D eigenvalue weighted by molar-refractivity contribution is -0.143. The molecule has 27 heavy (non-hydrogen) atoms. The van der Waals surface area contributed by atoms with Gasteiger partial charge in [-0.25, -0.2) is 0 Å². The van der Waals surface area contributed by atoms with Crippen molar-refractivity contribution in [3.05, 3.63) is 28.8 Å². The van der Waals surface area contributed by atoms with E-state index in [4.69, 9.17) is 4.55 Å². The van der Waals surface area contributed by atoms with Gasteiger partial charge < -0.3 is 4.55 Å². The predicted molar refractivity (Wildman–Crippen MR) is 99.0 cm³/mol. The van der Waals surface area contributed by atoms with Gasteiger partial charge in [0.05, 0.1) is 16.8 Å². The van der Waals surface area contributed by atoms with Gasteiger partial charge in [-0.1, -0.05) is 40.5 Å². The van der Waals surface area contributed by atoms with Crippen molar-refractivity contribution < 1.29 is 30.9 Å². The molecule has 156 valence electrons. The van der Waals surface area contributed by atoms with Crippen LogP contribution in [0.15, 0.2) is 17.1 Å². The van der Waals surface area contributed by atoms with Gasteiger partial charge in [-0.15, -0.1) is 0 Å². The van der Waals surface area contributed by atoms with Gasteiger partial charge in [0.2, 0.25) is 0 Å². The second-order valence-corrected chi connectivity index (χ2v) is 6.68. The maximum atomic E-state index is 12.9. The lowest BCUT2D eigenvalue weighted by atomic mass is 9.92. The molecule has 1 N–H and O–H groups in total. The van der Waals surface area contributed by atoms with Crippen molar-refractivity contribution in [3.63, 3.8) is 0 Å². The number of unbranched alkanes of at least 4 members (excludes halogenated alkanes) is 1. The number of benzene rings is 1. The Morgan fingerprint density at radius 2 is 1.48 bits per heavy atom. The average molecular weight is 417 g/mol. The van der Waals surface area contributed by atoms with Crippen LogP contribution in [-0.4, -0.2) is 16.0 Å². The third kappa shape index (κ3) is 7.73. The minimum atomic E-state index is -4.83. The molecule has 0 aliphatic carbocycles. The molecule has 2 nitrogen and oxygen atoms in total. The van der Waals surface area contributed by atoms with Crippen molar-refractivity contribution in [1.29, 1.82) is 0 Å². The Morgan fingerprint density at radius 1 is 1.00 bits per heavy atom. The molecule has 9 heteroatoms. The van der Waals surface area contributed by atoms with Crippen LogP contribution in [0.5, 0.6) is 0 Å². The van der Waals surface area contributed by atoms with E-state index in [1.807, 2.05) is 6.92 Å². The van der Waals surface area contributed by atoms with Gasteiger partial charge in [0.25, 0.3) is 0 Å². The van der Waals surface area contributed by atoms with Crippen LogP contribution in [0.25, 0.3) is 0 Å². The molecule has 0 bridgehead atoms. The van der Waals surface area contributed by atoms with Crippen LogP contribution in [0.2, 0.25) is 0 Å². The zero-order valence-corrected chi connectivity index (χ0v) is 16.7. The summed E-state index contributed by atoms with van der Waals surface area (Å²) in [6, 6.07) is 0.820. The Labute approximate surface area is 160 Å². The molecule has 0 amide bonds. The SMILES string of the molecule is CC1=Nc2cc(C(F)(F)F)cc(C(F)(F)F)c2C1C.CCCC.CCSO. The Hall–Kier alpha value is -1.22. The second kappa shape index (κ2) is 10.9. The van der Waals surface area contributed by atoms with Crippen molar-refractivity contribution in [3.8, 4) is 0 Å². The Morgan fingerprint density at radius 3 is 1.81 bits per heavy atom. The molecule has 0 radical (unpaired) electrons. The van der Waals surface area contributed by atoms with Gasteiger partial charge in [0, 0.05) is 17.4 Å². The zero-order chi connectivity index (χ0) is 21.4. The number of nitrogens with zero attached hydrogens (tertiary/aromatic N) is 1. The van der Waals surface area contributed by atoms with E-state index in [0.29, 0.717) is 11.8 Å². The number of aliphatic imine (C=N–C) groups is 1. The summed E-state index contributed by atoms with van der Waals surface area (Å²) in [7, 11) is 0. The fourth-order valence-corrected chi connectivity index (χ4v) is 2.08. The van der Waals surface area contributed by atoms with Crippen molar-refractivity contribution in [2.45, 2.75) is 65.7 Å². The predicted octanol–water partition coefficient (Wildman–Crippen LogP) is 7.95. The molecule has 0 saturated heterocycles. The Balaban J connectivity index is 0.000000718. The van der Waals surface area contributed by atoms with Crippen LogP contribution < -0.4 is 0 Å². The summed E-state index contributed by atoms with van der Waals surface area (Å²) >= 11 is 0.856. The minimum Gasteiger partial charge on any atom is -0.330 e. The lowest BCUT2D eigenvalue weighted by Crippen LogP contribution is -2.14. The fourth-order valence-electron chi connectivity index (χ4n) is 2.08. The van der Waals surface area contributed by atoms with Crippen molar-refractivity contribution >= 4 is 23.4 Å². The van der Waals surface area contributed by atoms with E-state index in [0.717, 1.165) is 17.8 Å². The second-order valence-electron chi connectivity index (χ2n) is 5.84. The van der Waals surface area contributed by atoms with E-state index in [-0.39, 0.29) is 17.3 Å². The van der Waals surface area contributed by atoms with Crippen LogP contribution >= 0.6 is 12.0 Å². The summed E-state index contributed by atoms with van der Waals surface area (Å²) < 4.78 is 84.3. The highest BCUT2D eigenvalue weighted by molar-refractivity contribution is 7.93. The topological polar surface area (TPSA) is 32.6 Å². The van der Waals surface area contributed by atoms with Crippen molar-refractivity contribution in [2.75, 3.05) is 5.75 Å².